The van der Waals surface area contributed by atoms with E-state index in [1.165, 1.54) is 83.5 Å². The van der Waals surface area contributed by atoms with E-state index in [9.17, 15) is 9.46 Å². The van der Waals surface area contributed by atoms with Gasteiger partial charge in [0.15, 0.2) is 0 Å². The third-order valence-corrected chi connectivity index (χ3v) is 10.4. The molecule has 3 heterocycles. The van der Waals surface area contributed by atoms with Crippen LogP contribution in [0.15, 0.2) is 30.3 Å². The fourth-order valence-corrected chi connectivity index (χ4v) is 7.58. The van der Waals surface area contributed by atoms with E-state index in [4.69, 9.17) is 18.5 Å². The van der Waals surface area contributed by atoms with E-state index in [2.05, 4.69) is 11.8 Å². The number of hydrogen-bond donors (Lipinski definition) is 1. The predicted octanol–water partition coefficient (Wildman–Crippen LogP) is 8.93. The minimum Gasteiger partial charge on any atom is -0.379 e. The maximum Gasteiger partial charge on any atom is 0.472 e. The molecule has 0 amide bonds. The molecule has 0 aliphatic carbocycles. The van der Waals surface area contributed by atoms with E-state index < -0.39 is 13.9 Å². The molecule has 3 saturated heterocycles. The van der Waals surface area contributed by atoms with Crippen LogP contribution in [-0.4, -0.2) is 61.5 Å². The first-order chi connectivity index (χ1) is 21.0. The third kappa shape index (κ3) is 15.9. The highest BCUT2D eigenvalue weighted by atomic mass is 31.2. The van der Waals surface area contributed by atoms with Crippen LogP contribution in [-0.2, 0) is 29.7 Å². The summed E-state index contributed by atoms with van der Waals surface area (Å²) in [5.41, 5.74) is 1.04. The largest absolute Gasteiger partial charge is 0.472 e. The Hall–Kier alpha value is -0.790. The van der Waals surface area contributed by atoms with E-state index in [0.29, 0.717) is 25.7 Å². The van der Waals surface area contributed by atoms with Crippen LogP contribution in [0.1, 0.15) is 122 Å². The van der Waals surface area contributed by atoms with Crippen LogP contribution in [0.2, 0.25) is 0 Å². The molecule has 1 aromatic rings. The van der Waals surface area contributed by atoms with Gasteiger partial charge < -0.3 is 19.3 Å². The first-order valence-electron chi connectivity index (χ1n) is 17.6. The summed E-state index contributed by atoms with van der Waals surface area (Å²) in [6.07, 6.45) is 20.1. The van der Waals surface area contributed by atoms with E-state index in [0.717, 1.165) is 44.5 Å². The summed E-state index contributed by atoms with van der Waals surface area (Å²) in [6.45, 7) is 8.69. The minimum absolute atomic E-state index is 0.0493. The molecule has 0 saturated carbocycles. The lowest BCUT2D eigenvalue weighted by Gasteiger charge is -2.46. The summed E-state index contributed by atoms with van der Waals surface area (Å²) in [5.74, 6) is 0.829. The number of phosphoric ester groups is 1. The maximum atomic E-state index is 12.9. The third-order valence-electron chi connectivity index (χ3n) is 9.31. The topological polar surface area (TPSA) is 77.5 Å². The van der Waals surface area contributed by atoms with Crippen molar-refractivity contribution in [1.29, 1.82) is 0 Å². The van der Waals surface area contributed by atoms with Crippen molar-refractivity contribution in [3.8, 4) is 0 Å². The van der Waals surface area contributed by atoms with Gasteiger partial charge in [0.25, 0.3) is 0 Å². The Morgan fingerprint density at radius 3 is 2.00 bits per heavy atom. The van der Waals surface area contributed by atoms with E-state index in [-0.39, 0.29) is 18.6 Å². The van der Waals surface area contributed by atoms with Crippen LogP contribution < -0.4 is 0 Å². The molecular formula is C35H62NO6P. The summed E-state index contributed by atoms with van der Waals surface area (Å²) in [4.78, 5) is 13.0. The van der Waals surface area contributed by atoms with Crippen molar-refractivity contribution in [3.63, 3.8) is 0 Å². The lowest BCUT2D eigenvalue weighted by molar-refractivity contribution is -0.0573. The van der Waals surface area contributed by atoms with Gasteiger partial charge in [-0.25, -0.2) is 4.57 Å². The van der Waals surface area contributed by atoms with Gasteiger partial charge >= 0.3 is 7.82 Å². The van der Waals surface area contributed by atoms with Crippen LogP contribution in [0.25, 0.3) is 0 Å². The molecule has 4 atom stereocenters. The maximum absolute atomic E-state index is 12.9. The summed E-state index contributed by atoms with van der Waals surface area (Å²) in [5, 5.41) is 0. The van der Waals surface area contributed by atoms with Crippen molar-refractivity contribution in [2.45, 2.75) is 135 Å². The smallest absolute Gasteiger partial charge is 0.379 e. The van der Waals surface area contributed by atoms with Gasteiger partial charge in [-0.1, -0.05) is 121 Å². The molecule has 1 N–H and O–H groups in total. The highest BCUT2D eigenvalue weighted by molar-refractivity contribution is 7.47. The monoisotopic (exact) mass is 623 g/mol. The zero-order chi connectivity index (χ0) is 30.6. The summed E-state index contributed by atoms with van der Waals surface area (Å²) >= 11 is 0. The molecule has 8 heteroatoms. The molecule has 2 bridgehead atoms. The molecule has 0 radical (unpaired) electrons. The van der Waals surface area contributed by atoms with Gasteiger partial charge in [0.1, 0.15) is 6.10 Å². The zero-order valence-electron chi connectivity index (χ0n) is 27.3. The van der Waals surface area contributed by atoms with Crippen molar-refractivity contribution in [2.75, 3.05) is 39.5 Å². The van der Waals surface area contributed by atoms with Crippen LogP contribution in [0.5, 0.6) is 0 Å². The molecule has 3 aliphatic rings. The van der Waals surface area contributed by atoms with Crippen molar-refractivity contribution in [2.24, 2.45) is 11.8 Å². The number of benzene rings is 1. The van der Waals surface area contributed by atoms with Gasteiger partial charge in [-0.05, 0) is 50.8 Å². The molecule has 43 heavy (non-hydrogen) atoms. The second-order valence-electron chi connectivity index (χ2n) is 13.0. The molecule has 1 aromatic carbocycles. The molecular weight excluding hydrogens is 561 g/mol. The summed E-state index contributed by atoms with van der Waals surface area (Å²) in [7, 11) is -4.22. The zero-order valence-corrected chi connectivity index (χ0v) is 28.2. The number of nitrogens with zero attached hydrogens (tertiary/aromatic N) is 1. The van der Waals surface area contributed by atoms with Crippen LogP contribution >= 0.6 is 7.82 Å². The van der Waals surface area contributed by atoms with Crippen LogP contribution in [0, 0.1) is 11.8 Å². The second-order valence-corrected chi connectivity index (χ2v) is 14.4. The number of ether oxygens (including phenoxy) is 2. The normalized spacial score (nSPS) is 22.8. The summed E-state index contributed by atoms with van der Waals surface area (Å²) in [6, 6.07) is 9.93. The van der Waals surface area contributed by atoms with Crippen molar-refractivity contribution < 1.29 is 28.0 Å². The Labute approximate surface area is 263 Å². The number of unbranched alkanes of at least 4 members (excludes halogenated alkanes) is 13. The van der Waals surface area contributed by atoms with E-state index in [1.54, 1.807) is 0 Å². The average molecular weight is 624 g/mol. The van der Waals surface area contributed by atoms with Crippen LogP contribution in [0.3, 0.4) is 0 Å². The molecule has 4 rings (SSSR count). The van der Waals surface area contributed by atoms with E-state index >= 15 is 0 Å². The van der Waals surface area contributed by atoms with Gasteiger partial charge in [-0.15, -0.1) is 0 Å². The number of rotatable bonds is 26. The van der Waals surface area contributed by atoms with E-state index in [1.807, 2.05) is 37.3 Å². The fourth-order valence-electron chi connectivity index (χ4n) is 6.58. The van der Waals surface area contributed by atoms with Crippen molar-refractivity contribution in [1.82, 2.24) is 4.90 Å². The molecule has 7 nitrogen and oxygen atoms in total. The lowest BCUT2D eigenvalue weighted by Crippen LogP contribution is -2.51. The van der Waals surface area contributed by atoms with Gasteiger partial charge in [-0.2, -0.15) is 0 Å². The van der Waals surface area contributed by atoms with Crippen molar-refractivity contribution >= 4 is 7.82 Å². The number of fused-ring (bicyclic) bond motifs is 3. The highest BCUT2D eigenvalue weighted by Crippen LogP contribution is 2.48. The standard InChI is InChI=1S/C35H62NO6P/c1-3-4-5-6-7-8-9-10-11-12-13-14-15-19-26-39-29-34(40-28-32-20-17-16-18-21-32)30-41-43(37,38)42-31(2)35-27-36-24-22-33(35)23-25-36/h16-18,20-21,31,33-35H,3-15,19,22-30H2,1-2H3,(H,37,38). The fraction of sp³-hybridized carbons (Fsp3) is 0.829. The quantitative estimate of drug-likeness (QED) is 0.0815. The average Bonchev–Trinajstić information content (AvgIpc) is 3.02. The van der Waals surface area contributed by atoms with Gasteiger partial charge in [-0.3, -0.25) is 9.05 Å². The predicted molar refractivity (Wildman–Crippen MR) is 175 cm³/mol. The SMILES string of the molecule is CCCCCCCCCCCCCCCCOCC(COP(=O)(O)OC(C)C1CN2CCC1CC2)OCc1ccccc1. The van der Waals surface area contributed by atoms with Crippen molar-refractivity contribution in [3.05, 3.63) is 35.9 Å². The lowest BCUT2D eigenvalue weighted by atomic mass is 9.77. The summed E-state index contributed by atoms with van der Waals surface area (Å²) < 4.78 is 36.0. The number of hydrogen-bond acceptors (Lipinski definition) is 6. The Balaban J connectivity index is 1.27. The molecule has 3 aliphatic heterocycles. The molecule has 248 valence electrons. The Kier molecular flexibility index (Phi) is 18.6. The number of phosphoric acid groups is 1. The molecule has 3 fully saturated rings. The van der Waals surface area contributed by atoms with Crippen LogP contribution in [0.4, 0.5) is 0 Å². The highest BCUT2D eigenvalue weighted by Gasteiger charge is 2.40. The molecule has 0 spiro atoms. The second kappa shape index (κ2) is 21.9. The van der Waals surface area contributed by atoms with Gasteiger partial charge in [0, 0.05) is 19.1 Å². The minimum atomic E-state index is -4.22. The van der Waals surface area contributed by atoms with Gasteiger partial charge in [0.05, 0.1) is 25.9 Å². The number of piperidine rings is 3. The molecule has 4 unspecified atom stereocenters. The Morgan fingerprint density at radius 1 is 0.860 bits per heavy atom. The first kappa shape index (κ1) is 36.7. The first-order valence-corrected chi connectivity index (χ1v) is 19.1. The molecule has 0 aromatic heterocycles. The Bertz CT molecular complexity index is 865. The Morgan fingerprint density at radius 2 is 1.44 bits per heavy atom. The van der Waals surface area contributed by atoms with Gasteiger partial charge in [0.2, 0.25) is 0 Å².